The number of aryl methyl sites for hydroxylation is 1. The SMILES string of the molecule is CC1CCCc2nc(Cc3ccccc3)c(N)n21. The molecule has 0 saturated heterocycles. The van der Waals surface area contributed by atoms with E-state index in [0.29, 0.717) is 6.04 Å². The number of nitrogens with zero attached hydrogens (tertiary/aromatic N) is 2. The second kappa shape index (κ2) is 4.48. The number of aromatic nitrogens is 2. The molecule has 0 aliphatic carbocycles. The third kappa shape index (κ3) is 1.90. The normalized spacial score (nSPS) is 18.6. The van der Waals surface area contributed by atoms with E-state index < -0.39 is 0 Å². The molecule has 1 atom stereocenters. The van der Waals surface area contributed by atoms with Crippen LogP contribution in [0.4, 0.5) is 5.82 Å². The van der Waals surface area contributed by atoms with Gasteiger partial charge in [-0.3, -0.25) is 0 Å². The van der Waals surface area contributed by atoms with E-state index in [1.165, 1.54) is 18.4 Å². The fourth-order valence-electron chi connectivity index (χ4n) is 2.82. The van der Waals surface area contributed by atoms with Crippen molar-refractivity contribution >= 4 is 5.82 Å². The number of rotatable bonds is 2. The van der Waals surface area contributed by atoms with Crippen molar-refractivity contribution in [1.82, 2.24) is 9.55 Å². The Kier molecular flexibility index (Phi) is 2.82. The Balaban J connectivity index is 1.94. The largest absolute Gasteiger partial charge is 0.384 e. The van der Waals surface area contributed by atoms with Crippen LogP contribution in [0.1, 0.15) is 42.9 Å². The molecule has 3 rings (SSSR count). The van der Waals surface area contributed by atoms with E-state index in [9.17, 15) is 0 Å². The maximum absolute atomic E-state index is 6.26. The maximum atomic E-state index is 6.26. The number of benzene rings is 1. The molecule has 2 N–H and O–H groups in total. The van der Waals surface area contributed by atoms with Crippen molar-refractivity contribution in [3.63, 3.8) is 0 Å². The highest BCUT2D eigenvalue weighted by molar-refractivity contribution is 5.42. The Labute approximate surface area is 108 Å². The highest BCUT2D eigenvalue weighted by Crippen LogP contribution is 2.30. The van der Waals surface area contributed by atoms with E-state index in [0.717, 1.165) is 30.2 Å². The predicted octanol–water partition coefficient (Wildman–Crippen LogP) is 2.95. The van der Waals surface area contributed by atoms with Crippen LogP contribution >= 0.6 is 0 Å². The number of fused-ring (bicyclic) bond motifs is 1. The number of nitrogens with two attached hydrogens (primary N) is 1. The topological polar surface area (TPSA) is 43.8 Å². The molecule has 2 heterocycles. The molecule has 1 aliphatic rings. The van der Waals surface area contributed by atoms with Crippen LogP contribution in [-0.4, -0.2) is 9.55 Å². The Morgan fingerprint density at radius 3 is 2.83 bits per heavy atom. The first kappa shape index (κ1) is 11.3. The number of imidazole rings is 1. The van der Waals surface area contributed by atoms with Gasteiger partial charge in [0.2, 0.25) is 0 Å². The molecule has 94 valence electrons. The van der Waals surface area contributed by atoms with Gasteiger partial charge in [-0.2, -0.15) is 0 Å². The summed E-state index contributed by atoms with van der Waals surface area (Å²) in [6.45, 7) is 2.23. The maximum Gasteiger partial charge on any atom is 0.127 e. The van der Waals surface area contributed by atoms with Gasteiger partial charge in [-0.15, -0.1) is 0 Å². The molecule has 3 nitrogen and oxygen atoms in total. The highest BCUT2D eigenvalue weighted by Gasteiger charge is 2.22. The molecule has 3 heteroatoms. The lowest BCUT2D eigenvalue weighted by atomic mass is 10.1. The average molecular weight is 241 g/mol. The van der Waals surface area contributed by atoms with E-state index in [-0.39, 0.29) is 0 Å². The molecule has 1 aromatic carbocycles. The zero-order valence-corrected chi connectivity index (χ0v) is 10.8. The van der Waals surface area contributed by atoms with E-state index in [2.05, 4.69) is 35.8 Å². The fourth-order valence-corrected chi connectivity index (χ4v) is 2.82. The Bertz CT molecular complexity index is 542. The molecule has 1 unspecified atom stereocenters. The van der Waals surface area contributed by atoms with Crippen molar-refractivity contribution < 1.29 is 0 Å². The number of hydrogen-bond donors (Lipinski definition) is 1. The van der Waals surface area contributed by atoms with E-state index in [4.69, 9.17) is 10.7 Å². The van der Waals surface area contributed by atoms with Gasteiger partial charge in [0.05, 0.1) is 5.69 Å². The van der Waals surface area contributed by atoms with Crippen LogP contribution in [0.2, 0.25) is 0 Å². The summed E-state index contributed by atoms with van der Waals surface area (Å²) in [4.78, 5) is 4.73. The van der Waals surface area contributed by atoms with Crippen LogP contribution in [0, 0.1) is 0 Å². The van der Waals surface area contributed by atoms with Gasteiger partial charge >= 0.3 is 0 Å². The predicted molar refractivity (Wildman–Crippen MR) is 73.5 cm³/mol. The number of hydrogen-bond acceptors (Lipinski definition) is 2. The molecule has 1 aromatic heterocycles. The molecule has 0 fully saturated rings. The Hall–Kier alpha value is -1.77. The van der Waals surface area contributed by atoms with Crippen molar-refractivity contribution in [2.45, 2.75) is 38.6 Å². The van der Waals surface area contributed by atoms with Crippen LogP contribution in [0.3, 0.4) is 0 Å². The van der Waals surface area contributed by atoms with Gasteiger partial charge in [-0.25, -0.2) is 4.98 Å². The summed E-state index contributed by atoms with van der Waals surface area (Å²) in [6.07, 6.45) is 4.32. The van der Waals surface area contributed by atoms with Crippen LogP contribution < -0.4 is 5.73 Å². The van der Waals surface area contributed by atoms with Gasteiger partial charge in [0.25, 0.3) is 0 Å². The van der Waals surface area contributed by atoms with Gasteiger partial charge in [0, 0.05) is 18.9 Å². The van der Waals surface area contributed by atoms with Crippen LogP contribution in [0.15, 0.2) is 30.3 Å². The van der Waals surface area contributed by atoms with Crippen LogP contribution in [0.25, 0.3) is 0 Å². The molecule has 0 spiro atoms. The Morgan fingerprint density at radius 1 is 1.33 bits per heavy atom. The first-order valence-corrected chi connectivity index (χ1v) is 6.65. The smallest absolute Gasteiger partial charge is 0.127 e. The Morgan fingerprint density at radius 2 is 2.11 bits per heavy atom. The summed E-state index contributed by atoms with van der Waals surface area (Å²) in [7, 11) is 0. The molecule has 0 radical (unpaired) electrons. The number of anilines is 1. The molecular weight excluding hydrogens is 222 g/mol. The molecule has 0 bridgehead atoms. The summed E-state index contributed by atoms with van der Waals surface area (Å²) in [5, 5.41) is 0. The molecule has 1 aliphatic heterocycles. The lowest BCUT2D eigenvalue weighted by Crippen LogP contribution is -2.17. The molecule has 18 heavy (non-hydrogen) atoms. The minimum atomic E-state index is 0.491. The third-order valence-electron chi connectivity index (χ3n) is 3.77. The molecule has 2 aromatic rings. The minimum absolute atomic E-state index is 0.491. The third-order valence-corrected chi connectivity index (χ3v) is 3.77. The lowest BCUT2D eigenvalue weighted by molar-refractivity contribution is 0.430. The summed E-state index contributed by atoms with van der Waals surface area (Å²) in [5.41, 5.74) is 8.57. The fraction of sp³-hybridized carbons (Fsp3) is 0.400. The second-order valence-electron chi connectivity index (χ2n) is 5.13. The quantitative estimate of drug-likeness (QED) is 0.878. The molecule has 0 amide bonds. The monoisotopic (exact) mass is 241 g/mol. The highest BCUT2D eigenvalue weighted by atomic mass is 15.2. The molecule has 0 saturated carbocycles. The van der Waals surface area contributed by atoms with Gasteiger partial charge < -0.3 is 10.3 Å². The van der Waals surface area contributed by atoms with Crippen LogP contribution in [-0.2, 0) is 12.8 Å². The van der Waals surface area contributed by atoms with Gasteiger partial charge in [0.15, 0.2) is 0 Å². The zero-order valence-electron chi connectivity index (χ0n) is 10.8. The zero-order chi connectivity index (χ0) is 12.5. The first-order valence-electron chi connectivity index (χ1n) is 6.65. The molecular formula is C15H19N3. The lowest BCUT2D eigenvalue weighted by Gasteiger charge is -2.22. The summed E-state index contributed by atoms with van der Waals surface area (Å²) in [6, 6.07) is 10.9. The van der Waals surface area contributed by atoms with Crippen molar-refractivity contribution in [2.75, 3.05) is 5.73 Å². The van der Waals surface area contributed by atoms with E-state index >= 15 is 0 Å². The van der Waals surface area contributed by atoms with Crippen molar-refractivity contribution in [1.29, 1.82) is 0 Å². The summed E-state index contributed by atoms with van der Waals surface area (Å²) >= 11 is 0. The standard InChI is InChI=1S/C15H19N3/c1-11-6-5-9-14-17-13(15(16)18(11)14)10-12-7-3-2-4-8-12/h2-4,7-8,11H,5-6,9-10,16H2,1H3. The van der Waals surface area contributed by atoms with Gasteiger partial charge in [-0.05, 0) is 25.3 Å². The number of nitrogen functional groups attached to an aromatic ring is 1. The van der Waals surface area contributed by atoms with Crippen LogP contribution in [0.5, 0.6) is 0 Å². The van der Waals surface area contributed by atoms with Crippen molar-refractivity contribution in [3.05, 3.63) is 47.4 Å². The summed E-state index contributed by atoms with van der Waals surface area (Å²) < 4.78 is 2.22. The summed E-state index contributed by atoms with van der Waals surface area (Å²) in [5.74, 6) is 2.03. The average Bonchev–Trinajstić information content (AvgIpc) is 2.69. The van der Waals surface area contributed by atoms with Crippen molar-refractivity contribution in [3.8, 4) is 0 Å². The minimum Gasteiger partial charge on any atom is -0.384 e. The first-order chi connectivity index (χ1) is 8.75. The van der Waals surface area contributed by atoms with Gasteiger partial charge in [0.1, 0.15) is 11.6 Å². The van der Waals surface area contributed by atoms with Crippen molar-refractivity contribution in [2.24, 2.45) is 0 Å². The van der Waals surface area contributed by atoms with Gasteiger partial charge in [-0.1, -0.05) is 30.3 Å². The van der Waals surface area contributed by atoms with E-state index in [1.54, 1.807) is 0 Å². The van der Waals surface area contributed by atoms with E-state index in [1.807, 2.05) is 6.07 Å². The second-order valence-corrected chi connectivity index (χ2v) is 5.13.